The minimum Gasteiger partial charge on any atom is -0.497 e. The third-order valence-corrected chi connectivity index (χ3v) is 4.65. The van der Waals surface area contributed by atoms with E-state index in [2.05, 4.69) is 0 Å². The van der Waals surface area contributed by atoms with Crippen molar-refractivity contribution in [3.63, 3.8) is 0 Å². The maximum Gasteiger partial charge on any atom is 0.119 e. The second-order valence-corrected chi connectivity index (χ2v) is 5.76. The van der Waals surface area contributed by atoms with Crippen LogP contribution in [-0.2, 0) is 0 Å². The predicted octanol–water partition coefficient (Wildman–Crippen LogP) is 2.40. The number of nitrogens with two attached hydrogens (primary N) is 1. The summed E-state index contributed by atoms with van der Waals surface area (Å²) in [6, 6.07) is 7.71. The lowest BCUT2D eigenvalue weighted by atomic mass is 9.93. The summed E-state index contributed by atoms with van der Waals surface area (Å²) in [4.78, 5) is 0. The van der Waals surface area contributed by atoms with Crippen molar-refractivity contribution in [2.45, 2.75) is 6.42 Å². The lowest BCUT2D eigenvalue weighted by molar-refractivity contribution is 0.209. The fraction of sp³-hybridized carbons (Fsp3) is 0.571. The summed E-state index contributed by atoms with van der Waals surface area (Å²) in [5.41, 5.74) is 5.85. The van der Waals surface area contributed by atoms with Gasteiger partial charge in [-0.15, -0.1) is 0 Å². The zero-order valence-corrected chi connectivity index (χ0v) is 11.6. The first kappa shape index (κ1) is 13.6. The quantitative estimate of drug-likeness (QED) is 0.859. The van der Waals surface area contributed by atoms with Gasteiger partial charge < -0.3 is 15.2 Å². The van der Waals surface area contributed by atoms with Crippen LogP contribution in [0.2, 0.25) is 0 Å². The second kappa shape index (κ2) is 6.90. The van der Waals surface area contributed by atoms with Crippen molar-refractivity contribution in [3.05, 3.63) is 24.3 Å². The summed E-state index contributed by atoms with van der Waals surface area (Å²) in [6.07, 6.45) is 1.28. The summed E-state index contributed by atoms with van der Waals surface area (Å²) >= 11 is 2.02. The first-order valence-corrected chi connectivity index (χ1v) is 7.53. The fourth-order valence-electron chi connectivity index (χ4n) is 2.20. The Balaban J connectivity index is 1.84. The maximum absolute atomic E-state index is 5.85. The molecule has 18 heavy (non-hydrogen) atoms. The van der Waals surface area contributed by atoms with Gasteiger partial charge in [0, 0.05) is 5.92 Å². The van der Waals surface area contributed by atoms with Crippen LogP contribution in [0.5, 0.6) is 11.5 Å². The van der Waals surface area contributed by atoms with E-state index in [9.17, 15) is 0 Å². The van der Waals surface area contributed by atoms with Gasteiger partial charge in [-0.1, -0.05) is 0 Å². The number of ether oxygens (including phenoxy) is 2. The van der Waals surface area contributed by atoms with Gasteiger partial charge in [0.1, 0.15) is 11.5 Å². The normalized spacial score (nSPS) is 20.7. The van der Waals surface area contributed by atoms with E-state index in [0.29, 0.717) is 19.1 Å². The molecule has 100 valence electrons. The van der Waals surface area contributed by atoms with Crippen molar-refractivity contribution in [3.8, 4) is 11.5 Å². The predicted molar refractivity (Wildman–Crippen MR) is 76.5 cm³/mol. The van der Waals surface area contributed by atoms with E-state index in [4.69, 9.17) is 15.2 Å². The first-order valence-electron chi connectivity index (χ1n) is 6.38. The van der Waals surface area contributed by atoms with Crippen LogP contribution < -0.4 is 15.2 Å². The second-order valence-electron chi connectivity index (χ2n) is 4.61. The van der Waals surface area contributed by atoms with Gasteiger partial charge in [-0.2, -0.15) is 11.8 Å². The molecule has 1 aromatic rings. The number of thioether (sulfide) groups is 1. The third-order valence-electron chi connectivity index (χ3n) is 3.46. The summed E-state index contributed by atoms with van der Waals surface area (Å²) in [5, 5.41) is 0. The van der Waals surface area contributed by atoms with Crippen LogP contribution in [0.1, 0.15) is 6.42 Å². The molecular formula is C14H21NO2S. The molecule has 0 saturated carbocycles. The van der Waals surface area contributed by atoms with Gasteiger partial charge in [0.2, 0.25) is 0 Å². The fourth-order valence-corrected chi connectivity index (χ4v) is 3.57. The van der Waals surface area contributed by atoms with E-state index >= 15 is 0 Å². The van der Waals surface area contributed by atoms with Crippen molar-refractivity contribution < 1.29 is 9.47 Å². The molecule has 1 saturated heterocycles. The molecule has 0 amide bonds. The van der Waals surface area contributed by atoms with Crippen molar-refractivity contribution in [1.29, 1.82) is 0 Å². The average Bonchev–Trinajstić information content (AvgIpc) is 2.94. The summed E-state index contributed by atoms with van der Waals surface area (Å²) in [6.45, 7) is 1.43. The lowest BCUT2D eigenvalue weighted by Crippen LogP contribution is -2.29. The molecule has 2 rings (SSSR count). The number of benzene rings is 1. The van der Waals surface area contributed by atoms with Gasteiger partial charge in [-0.3, -0.25) is 0 Å². The largest absolute Gasteiger partial charge is 0.497 e. The molecule has 1 heterocycles. The van der Waals surface area contributed by atoms with E-state index in [-0.39, 0.29) is 0 Å². The molecule has 1 aliphatic heterocycles. The Kier molecular flexibility index (Phi) is 5.20. The third kappa shape index (κ3) is 3.56. The molecule has 1 fully saturated rings. The van der Waals surface area contributed by atoms with Crippen molar-refractivity contribution in [1.82, 2.24) is 0 Å². The van der Waals surface area contributed by atoms with Crippen LogP contribution >= 0.6 is 11.8 Å². The molecule has 0 aromatic heterocycles. The van der Waals surface area contributed by atoms with Crippen LogP contribution in [0.25, 0.3) is 0 Å². The summed E-state index contributed by atoms with van der Waals surface area (Å²) in [7, 11) is 1.66. The Morgan fingerprint density at radius 2 is 2.06 bits per heavy atom. The van der Waals surface area contributed by atoms with Crippen LogP contribution in [-0.4, -0.2) is 31.8 Å². The highest BCUT2D eigenvalue weighted by Crippen LogP contribution is 2.30. The molecule has 1 aromatic carbocycles. The standard InChI is InChI=1S/C14H21NO2S/c1-16-13-2-4-14(5-3-13)17-9-12(8-15)11-6-7-18-10-11/h2-5,11-12H,6-10,15H2,1H3. The Morgan fingerprint density at radius 3 is 2.61 bits per heavy atom. The Bertz CT molecular complexity index is 349. The minimum atomic E-state index is 0.474. The number of rotatable bonds is 6. The van der Waals surface area contributed by atoms with Gasteiger partial charge in [0.25, 0.3) is 0 Å². The number of hydrogen-bond donors (Lipinski definition) is 1. The highest BCUT2D eigenvalue weighted by atomic mass is 32.2. The monoisotopic (exact) mass is 267 g/mol. The van der Waals surface area contributed by atoms with Crippen molar-refractivity contribution in [2.24, 2.45) is 17.6 Å². The zero-order valence-electron chi connectivity index (χ0n) is 10.8. The van der Waals surface area contributed by atoms with Gasteiger partial charge in [-0.05, 0) is 54.7 Å². The summed E-state index contributed by atoms with van der Waals surface area (Å²) in [5.74, 6) is 5.43. The van der Waals surface area contributed by atoms with Crippen LogP contribution in [0.3, 0.4) is 0 Å². The Morgan fingerprint density at radius 1 is 1.33 bits per heavy atom. The smallest absolute Gasteiger partial charge is 0.119 e. The Hall–Kier alpha value is -0.870. The van der Waals surface area contributed by atoms with Gasteiger partial charge >= 0.3 is 0 Å². The molecule has 0 bridgehead atoms. The highest BCUT2D eigenvalue weighted by Gasteiger charge is 2.24. The SMILES string of the molecule is COc1ccc(OCC(CN)C2CCSC2)cc1. The topological polar surface area (TPSA) is 44.5 Å². The van der Waals surface area contributed by atoms with E-state index in [1.54, 1.807) is 7.11 Å². The van der Waals surface area contributed by atoms with Gasteiger partial charge in [-0.25, -0.2) is 0 Å². The lowest BCUT2D eigenvalue weighted by Gasteiger charge is -2.21. The van der Waals surface area contributed by atoms with E-state index < -0.39 is 0 Å². The van der Waals surface area contributed by atoms with E-state index in [1.165, 1.54) is 17.9 Å². The van der Waals surface area contributed by atoms with Crippen LogP contribution in [0.4, 0.5) is 0 Å². The molecule has 4 heteroatoms. The minimum absolute atomic E-state index is 0.474. The van der Waals surface area contributed by atoms with Crippen LogP contribution in [0.15, 0.2) is 24.3 Å². The first-order chi connectivity index (χ1) is 8.83. The molecule has 0 radical (unpaired) electrons. The van der Waals surface area contributed by atoms with Crippen molar-refractivity contribution in [2.75, 3.05) is 31.8 Å². The number of methoxy groups -OCH3 is 1. The van der Waals surface area contributed by atoms with Crippen LogP contribution in [0, 0.1) is 11.8 Å². The molecule has 2 N–H and O–H groups in total. The molecule has 3 nitrogen and oxygen atoms in total. The molecule has 0 spiro atoms. The van der Waals surface area contributed by atoms with Crippen molar-refractivity contribution >= 4 is 11.8 Å². The van der Waals surface area contributed by atoms with E-state index in [1.807, 2.05) is 36.0 Å². The summed E-state index contributed by atoms with van der Waals surface area (Å²) < 4.78 is 10.9. The molecule has 2 unspecified atom stereocenters. The van der Waals surface area contributed by atoms with Gasteiger partial charge in [0.05, 0.1) is 13.7 Å². The molecule has 0 aliphatic carbocycles. The zero-order chi connectivity index (χ0) is 12.8. The average molecular weight is 267 g/mol. The maximum atomic E-state index is 5.85. The molecule has 2 atom stereocenters. The van der Waals surface area contributed by atoms with Gasteiger partial charge in [0.15, 0.2) is 0 Å². The Labute approximate surface area is 113 Å². The highest BCUT2D eigenvalue weighted by molar-refractivity contribution is 7.99. The van der Waals surface area contributed by atoms with E-state index in [0.717, 1.165) is 17.4 Å². The number of hydrogen-bond acceptors (Lipinski definition) is 4. The molecule has 1 aliphatic rings. The molecular weight excluding hydrogens is 246 g/mol.